The normalized spacial score (nSPS) is 21.1. The van der Waals surface area contributed by atoms with Crippen molar-refractivity contribution < 1.29 is 17.5 Å². The van der Waals surface area contributed by atoms with Gasteiger partial charge >= 0.3 is 0 Å². The molecular weight excluding hydrogens is 283 g/mol. The minimum Gasteiger partial charge on any atom is -0.396 e. The van der Waals surface area contributed by atoms with Crippen molar-refractivity contribution in [1.82, 2.24) is 4.31 Å². The number of ether oxygens (including phenoxy) is 1. The van der Waals surface area contributed by atoms with Crippen molar-refractivity contribution in [3.8, 4) is 0 Å². The minimum absolute atomic E-state index is 0.0664. The maximum absolute atomic E-state index is 13.4. The highest BCUT2D eigenvalue weighted by Crippen LogP contribution is 2.27. The molecular formula is C13H19FN2O3S. The highest BCUT2D eigenvalue weighted by Gasteiger charge is 2.34. The third-order valence-electron chi connectivity index (χ3n) is 3.53. The third-order valence-corrected chi connectivity index (χ3v) is 5.62. The van der Waals surface area contributed by atoms with Crippen LogP contribution in [0.15, 0.2) is 17.0 Å². The number of hydrogen-bond donors (Lipinski definition) is 1. The van der Waals surface area contributed by atoms with Crippen LogP contribution >= 0.6 is 0 Å². The average Bonchev–Trinajstić information content (AvgIpc) is 2.42. The van der Waals surface area contributed by atoms with E-state index >= 15 is 0 Å². The quantitative estimate of drug-likeness (QED) is 0.859. The van der Waals surface area contributed by atoms with Crippen LogP contribution in [0.4, 0.5) is 10.1 Å². The van der Waals surface area contributed by atoms with E-state index in [1.54, 1.807) is 6.92 Å². The van der Waals surface area contributed by atoms with E-state index in [9.17, 15) is 12.8 Å². The molecule has 1 fully saturated rings. The van der Waals surface area contributed by atoms with Gasteiger partial charge in [0.25, 0.3) is 0 Å². The number of hydrogen-bond acceptors (Lipinski definition) is 4. The summed E-state index contributed by atoms with van der Waals surface area (Å²) in [5, 5.41) is 0. The zero-order valence-corrected chi connectivity index (χ0v) is 12.4. The highest BCUT2D eigenvalue weighted by molar-refractivity contribution is 7.89. The Labute approximate surface area is 118 Å². The predicted octanol–water partition coefficient (Wildman–Crippen LogP) is 1.52. The van der Waals surface area contributed by atoms with Crippen molar-refractivity contribution in [2.45, 2.75) is 31.2 Å². The maximum atomic E-state index is 13.4. The van der Waals surface area contributed by atoms with Crippen LogP contribution in [0.3, 0.4) is 0 Å². The zero-order valence-electron chi connectivity index (χ0n) is 11.6. The summed E-state index contributed by atoms with van der Waals surface area (Å²) in [5.74, 6) is -0.601. The number of sulfonamides is 1. The van der Waals surface area contributed by atoms with Crippen molar-refractivity contribution in [1.29, 1.82) is 0 Å². The number of nitrogens with two attached hydrogens (primary N) is 1. The van der Waals surface area contributed by atoms with Gasteiger partial charge in [0.1, 0.15) is 5.82 Å². The topological polar surface area (TPSA) is 72.6 Å². The van der Waals surface area contributed by atoms with Crippen LogP contribution < -0.4 is 5.73 Å². The molecule has 1 saturated heterocycles. The Bertz CT molecular complexity index is 604. The van der Waals surface area contributed by atoms with Gasteiger partial charge in [0.05, 0.1) is 23.8 Å². The first kappa shape index (κ1) is 15.2. The van der Waals surface area contributed by atoms with Gasteiger partial charge in [-0.2, -0.15) is 4.31 Å². The van der Waals surface area contributed by atoms with Gasteiger partial charge in [-0.1, -0.05) is 6.92 Å². The van der Waals surface area contributed by atoms with E-state index in [2.05, 4.69) is 0 Å². The van der Waals surface area contributed by atoms with Crippen molar-refractivity contribution >= 4 is 15.7 Å². The van der Waals surface area contributed by atoms with Gasteiger partial charge in [-0.3, -0.25) is 0 Å². The molecule has 0 aliphatic carbocycles. The zero-order chi connectivity index (χ0) is 14.9. The molecule has 1 heterocycles. The number of nitrogen functional groups attached to an aromatic ring is 1. The molecule has 0 radical (unpaired) electrons. The summed E-state index contributed by atoms with van der Waals surface area (Å²) in [6.45, 7) is 4.53. The number of morpholine rings is 1. The number of benzene rings is 1. The fraction of sp³-hybridized carbons (Fsp3) is 0.538. The number of halogens is 1. The molecule has 1 aliphatic heterocycles. The van der Waals surface area contributed by atoms with Crippen LogP contribution in [0.2, 0.25) is 0 Å². The van der Waals surface area contributed by atoms with Crippen LogP contribution in [0.25, 0.3) is 0 Å². The molecule has 1 atom stereocenters. The van der Waals surface area contributed by atoms with E-state index < -0.39 is 15.8 Å². The summed E-state index contributed by atoms with van der Waals surface area (Å²) in [7, 11) is -3.69. The first-order valence-corrected chi connectivity index (χ1v) is 7.97. The number of nitrogens with zero attached hydrogens (tertiary/aromatic N) is 1. The molecule has 112 valence electrons. The molecule has 0 aromatic heterocycles. The molecule has 2 rings (SSSR count). The molecule has 5 nitrogen and oxygen atoms in total. The van der Waals surface area contributed by atoms with E-state index in [1.807, 2.05) is 6.92 Å². The summed E-state index contributed by atoms with van der Waals surface area (Å²) >= 11 is 0. The van der Waals surface area contributed by atoms with Crippen LogP contribution in [-0.2, 0) is 14.8 Å². The second-order valence-electron chi connectivity index (χ2n) is 4.89. The Morgan fingerprint density at radius 2 is 2.20 bits per heavy atom. The SMILES string of the molecule is CCC1COCCN1S(=O)(=O)c1cc(N)c(F)cc1C. The molecule has 0 spiro atoms. The lowest BCUT2D eigenvalue weighted by Crippen LogP contribution is -2.48. The summed E-state index contributed by atoms with van der Waals surface area (Å²) < 4.78 is 45.6. The van der Waals surface area contributed by atoms with E-state index in [0.717, 1.165) is 6.07 Å². The monoisotopic (exact) mass is 302 g/mol. The smallest absolute Gasteiger partial charge is 0.243 e. The van der Waals surface area contributed by atoms with Crippen LogP contribution in [0.1, 0.15) is 18.9 Å². The predicted molar refractivity (Wildman–Crippen MR) is 74.3 cm³/mol. The Morgan fingerprint density at radius 3 is 2.85 bits per heavy atom. The first-order chi connectivity index (χ1) is 9.37. The number of rotatable bonds is 3. The van der Waals surface area contributed by atoms with Gasteiger partial charge in [0.15, 0.2) is 0 Å². The molecule has 0 bridgehead atoms. The molecule has 1 unspecified atom stereocenters. The first-order valence-electron chi connectivity index (χ1n) is 6.53. The minimum atomic E-state index is -3.69. The Balaban J connectivity index is 2.46. The molecule has 2 N–H and O–H groups in total. The summed E-state index contributed by atoms with van der Waals surface area (Å²) in [5.41, 5.74) is 5.70. The second kappa shape index (κ2) is 5.67. The molecule has 0 saturated carbocycles. The van der Waals surface area contributed by atoms with Crippen LogP contribution in [0, 0.1) is 12.7 Å². The third kappa shape index (κ3) is 2.65. The van der Waals surface area contributed by atoms with E-state index in [1.165, 1.54) is 10.4 Å². The Morgan fingerprint density at radius 1 is 1.50 bits per heavy atom. The van der Waals surface area contributed by atoms with E-state index in [-0.39, 0.29) is 16.6 Å². The number of anilines is 1. The van der Waals surface area contributed by atoms with Gasteiger partial charge < -0.3 is 10.5 Å². The van der Waals surface area contributed by atoms with Gasteiger partial charge in [-0.05, 0) is 31.0 Å². The molecule has 0 amide bonds. The number of aryl methyl sites for hydroxylation is 1. The molecule has 1 aromatic carbocycles. The van der Waals surface area contributed by atoms with Gasteiger partial charge in [0, 0.05) is 12.6 Å². The molecule has 20 heavy (non-hydrogen) atoms. The summed E-state index contributed by atoms with van der Waals surface area (Å²) in [6.07, 6.45) is 0.662. The lowest BCUT2D eigenvalue weighted by atomic mass is 10.2. The largest absolute Gasteiger partial charge is 0.396 e. The van der Waals surface area contributed by atoms with Gasteiger partial charge in [-0.25, -0.2) is 12.8 Å². The van der Waals surface area contributed by atoms with Crippen molar-refractivity contribution in [2.24, 2.45) is 0 Å². The molecule has 7 heteroatoms. The van der Waals surface area contributed by atoms with Crippen molar-refractivity contribution in [2.75, 3.05) is 25.5 Å². The van der Waals surface area contributed by atoms with E-state index in [4.69, 9.17) is 10.5 Å². The van der Waals surface area contributed by atoms with Gasteiger partial charge in [0.2, 0.25) is 10.0 Å². The summed E-state index contributed by atoms with van der Waals surface area (Å²) in [4.78, 5) is 0.0664. The van der Waals surface area contributed by atoms with Crippen LogP contribution in [-0.4, -0.2) is 38.5 Å². The maximum Gasteiger partial charge on any atom is 0.243 e. The fourth-order valence-corrected chi connectivity index (χ4v) is 4.26. The van der Waals surface area contributed by atoms with Gasteiger partial charge in [-0.15, -0.1) is 0 Å². The average molecular weight is 302 g/mol. The van der Waals surface area contributed by atoms with Crippen LogP contribution in [0.5, 0.6) is 0 Å². The fourth-order valence-electron chi connectivity index (χ4n) is 2.35. The van der Waals surface area contributed by atoms with Crippen molar-refractivity contribution in [3.05, 3.63) is 23.5 Å². The molecule has 1 aromatic rings. The lowest BCUT2D eigenvalue weighted by Gasteiger charge is -2.34. The Hall–Kier alpha value is -1.18. The Kier molecular flexibility index (Phi) is 4.31. The summed E-state index contributed by atoms with van der Waals surface area (Å²) in [6, 6.07) is 2.16. The van der Waals surface area contributed by atoms with E-state index in [0.29, 0.717) is 31.7 Å². The molecule has 1 aliphatic rings. The standard InChI is InChI=1S/C13H19FN2O3S/c1-3-10-8-19-5-4-16(10)20(17,18)13-7-12(15)11(14)6-9(13)2/h6-7,10H,3-5,8,15H2,1-2H3. The second-order valence-corrected chi connectivity index (χ2v) is 6.75. The van der Waals surface area contributed by atoms with Crippen molar-refractivity contribution in [3.63, 3.8) is 0 Å². The highest BCUT2D eigenvalue weighted by atomic mass is 32.2. The lowest BCUT2D eigenvalue weighted by molar-refractivity contribution is 0.0314.